The van der Waals surface area contributed by atoms with E-state index in [1.54, 1.807) is 7.11 Å². The molecule has 3 atom stereocenters. The summed E-state index contributed by atoms with van der Waals surface area (Å²) in [5, 5.41) is 0. The molecule has 3 heterocycles. The molecule has 5 nitrogen and oxygen atoms in total. The first kappa shape index (κ1) is 19.4. The van der Waals surface area contributed by atoms with Crippen molar-refractivity contribution in [3.05, 3.63) is 59.7 Å². The van der Waals surface area contributed by atoms with E-state index in [1.165, 1.54) is 11.1 Å². The van der Waals surface area contributed by atoms with Crippen LogP contribution in [0.3, 0.4) is 0 Å². The summed E-state index contributed by atoms with van der Waals surface area (Å²) in [5.41, 5.74) is 2.49. The van der Waals surface area contributed by atoms with Crippen LogP contribution in [-0.4, -0.2) is 56.1 Å². The fourth-order valence-corrected chi connectivity index (χ4v) is 5.73. The van der Waals surface area contributed by atoms with Gasteiger partial charge in [-0.05, 0) is 43.5 Å². The Morgan fingerprint density at radius 1 is 1.03 bits per heavy atom. The van der Waals surface area contributed by atoms with Gasteiger partial charge < -0.3 is 14.4 Å². The van der Waals surface area contributed by atoms with Crippen LogP contribution in [0.4, 0.5) is 0 Å². The number of piperidine rings is 1. The molecule has 3 aliphatic rings. The highest BCUT2D eigenvalue weighted by molar-refractivity contribution is 5.80. The number of likely N-dealkylation sites (tertiary alicyclic amines) is 2. The van der Waals surface area contributed by atoms with Crippen molar-refractivity contribution in [1.29, 1.82) is 0 Å². The summed E-state index contributed by atoms with van der Waals surface area (Å²) in [6, 6.07) is 16.8. The van der Waals surface area contributed by atoms with Crippen LogP contribution in [0, 0.1) is 11.8 Å². The van der Waals surface area contributed by atoms with Gasteiger partial charge in [-0.3, -0.25) is 9.69 Å². The number of hydrogen-bond acceptors (Lipinski definition) is 4. The predicted octanol–water partition coefficient (Wildman–Crippen LogP) is 3.71. The molecule has 5 heteroatoms. The molecule has 0 unspecified atom stereocenters. The van der Waals surface area contributed by atoms with E-state index in [0.717, 1.165) is 44.0 Å². The Hall–Kier alpha value is -2.53. The van der Waals surface area contributed by atoms with Gasteiger partial charge in [-0.1, -0.05) is 36.4 Å². The van der Waals surface area contributed by atoms with Gasteiger partial charge >= 0.3 is 0 Å². The number of fused-ring (bicyclic) bond motifs is 3. The van der Waals surface area contributed by atoms with Crippen LogP contribution in [-0.2, 0) is 4.79 Å². The summed E-state index contributed by atoms with van der Waals surface area (Å²) in [6.07, 6.45) is 1.98. The fourth-order valence-electron chi connectivity index (χ4n) is 5.73. The van der Waals surface area contributed by atoms with Crippen LogP contribution in [0.25, 0.3) is 0 Å². The third-order valence-electron chi connectivity index (χ3n) is 7.25. The lowest BCUT2D eigenvalue weighted by atomic mass is 9.83. The van der Waals surface area contributed by atoms with E-state index in [2.05, 4.69) is 41.1 Å². The first-order valence-corrected chi connectivity index (χ1v) is 11.0. The summed E-state index contributed by atoms with van der Waals surface area (Å²) < 4.78 is 11.6. The molecular weight excluding hydrogens is 376 g/mol. The number of para-hydroxylation sites is 2. The first-order chi connectivity index (χ1) is 14.7. The van der Waals surface area contributed by atoms with Crippen LogP contribution in [0.15, 0.2) is 48.5 Å². The molecule has 158 valence electrons. The van der Waals surface area contributed by atoms with E-state index in [-0.39, 0.29) is 17.9 Å². The number of amides is 1. The summed E-state index contributed by atoms with van der Waals surface area (Å²) in [6.45, 7) is 3.06. The lowest BCUT2D eigenvalue weighted by Gasteiger charge is -2.36. The normalized spacial score (nSPS) is 26.6. The fraction of sp³-hybridized carbons (Fsp3) is 0.480. The highest BCUT2D eigenvalue weighted by Gasteiger charge is 2.48. The number of hydrogen-bond donors (Lipinski definition) is 0. The van der Waals surface area contributed by atoms with Gasteiger partial charge in [0, 0.05) is 37.2 Å². The summed E-state index contributed by atoms with van der Waals surface area (Å²) in [7, 11) is 3.87. The second-order valence-electron chi connectivity index (χ2n) is 8.85. The van der Waals surface area contributed by atoms with Crippen molar-refractivity contribution in [2.45, 2.75) is 24.8 Å². The molecular formula is C25H30N2O3. The van der Waals surface area contributed by atoms with Gasteiger partial charge in [0.05, 0.1) is 19.6 Å². The number of benzene rings is 2. The van der Waals surface area contributed by atoms with E-state index >= 15 is 0 Å². The molecule has 0 bridgehead atoms. The molecule has 2 saturated heterocycles. The van der Waals surface area contributed by atoms with Crippen LogP contribution in [0.5, 0.6) is 11.5 Å². The number of methoxy groups -OCH3 is 1. The smallest absolute Gasteiger partial charge is 0.227 e. The number of rotatable bonds is 3. The topological polar surface area (TPSA) is 42.0 Å². The largest absolute Gasteiger partial charge is 0.496 e. The molecule has 1 amide bonds. The molecule has 0 spiro atoms. The van der Waals surface area contributed by atoms with Crippen LogP contribution < -0.4 is 9.47 Å². The zero-order valence-corrected chi connectivity index (χ0v) is 17.8. The zero-order valence-electron chi connectivity index (χ0n) is 17.8. The third-order valence-corrected chi connectivity index (χ3v) is 7.25. The maximum absolute atomic E-state index is 13.5. The Morgan fingerprint density at radius 3 is 2.50 bits per heavy atom. The summed E-state index contributed by atoms with van der Waals surface area (Å²) >= 11 is 0. The summed E-state index contributed by atoms with van der Waals surface area (Å²) in [4.78, 5) is 17.9. The van der Waals surface area contributed by atoms with E-state index in [1.807, 2.05) is 24.3 Å². The molecule has 3 aliphatic heterocycles. The van der Waals surface area contributed by atoms with E-state index in [0.29, 0.717) is 18.4 Å². The molecule has 0 saturated carbocycles. The number of nitrogens with zero attached hydrogens (tertiary/aromatic N) is 2. The minimum absolute atomic E-state index is 0.0103. The highest BCUT2D eigenvalue weighted by Crippen LogP contribution is 2.47. The quantitative estimate of drug-likeness (QED) is 0.779. The Kier molecular flexibility index (Phi) is 5.15. The van der Waals surface area contributed by atoms with Gasteiger partial charge in [-0.2, -0.15) is 0 Å². The van der Waals surface area contributed by atoms with Crippen molar-refractivity contribution in [1.82, 2.24) is 9.80 Å². The number of carbonyl (C=O) groups excluding carboxylic acids is 1. The molecule has 2 fully saturated rings. The van der Waals surface area contributed by atoms with Crippen LogP contribution in [0.1, 0.15) is 35.9 Å². The molecule has 5 rings (SSSR count). The van der Waals surface area contributed by atoms with Gasteiger partial charge in [0.2, 0.25) is 5.91 Å². The standard InChI is InChI=1S/C25H30N2O3/c1-26-15-20(21-16-30-23-10-6-4-8-19(23)24(21)26)25(28)27-13-11-17(12-14-27)18-7-3-5-9-22(18)29-2/h3-10,17,20-21,24H,11-16H2,1-2H3/t20-,21+,24+/m1/s1. The van der Waals surface area contributed by atoms with Crippen molar-refractivity contribution in [3.63, 3.8) is 0 Å². The Morgan fingerprint density at radius 2 is 1.73 bits per heavy atom. The molecule has 0 radical (unpaired) electrons. The molecule has 0 aliphatic carbocycles. The van der Waals surface area contributed by atoms with Crippen molar-refractivity contribution < 1.29 is 14.3 Å². The average Bonchev–Trinajstić information content (AvgIpc) is 3.15. The lowest BCUT2D eigenvalue weighted by molar-refractivity contribution is -0.138. The minimum Gasteiger partial charge on any atom is -0.496 e. The van der Waals surface area contributed by atoms with Gasteiger partial charge in [0.15, 0.2) is 0 Å². The third kappa shape index (κ3) is 3.25. The molecule has 2 aromatic rings. The van der Waals surface area contributed by atoms with Gasteiger partial charge in [0.25, 0.3) is 0 Å². The van der Waals surface area contributed by atoms with Crippen LogP contribution >= 0.6 is 0 Å². The zero-order chi connectivity index (χ0) is 20.7. The maximum Gasteiger partial charge on any atom is 0.227 e. The Bertz CT molecular complexity index is 922. The minimum atomic E-state index is 0.0103. The SMILES string of the molecule is COc1ccccc1C1CCN(C(=O)[C@@H]2CN(C)[C@H]3c4ccccc4OC[C@@H]23)CC1. The molecule has 0 aromatic heterocycles. The van der Waals surface area contributed by atoms with Crippen LogP contribution in [0.2, 0.25) is 0 Å². The highest BCUT2D eigenvalue weighted by atomic mass is 16.5. The first-order valence-electron chi connectivity index (χ1n) is 11.0. The van der Waals surface area contributed by atoms with Crippen molar-refractivity contribution >= 4 is 5.91 Å². The Balaban J connectivity index is 1.28. The molecule has 30 heavy (non-hydrogen) atoms. The van der Waals surface area contributed by atoms with Gasteiger partial charge in [-0.25, -0.2) is 0 Å². The van der Waals surface area contributed by atoms with Gasteiger partial charge in [-0.15, -0.1) is 0 Å². The van der Waals surface area contributed by atoms with Gasteiger partial charge in [0.1, 0.15) is 11.5 Å². The average molecular weight is 407 g/mol. The lowest BCUT2D eigenvalue weighted by Crippen LogP contribution is -2.44. The monoisotopic (exact) mass is 406 g/mol. The number of ether oxygens (including phenoxy) is 2. The second-order valence-corrected chi connectivity index (χ2v) is 8.85. The molecule has 2 aromatic carbocycles. The number of carbonyl (C=O) groups is 1. The van der Waals surface area contributed by atoms with E-state index < -0.39 is 0 Å². The molecule has 0 N–H and O–H groups in total. The predicted molar refractivity (Wildman–Crippen MR) is 116 cm³/mol. The Labute approximate surface area is 178 Å². The van der Waals surface area contributed by atoms with E-state index in [9.17, 15) is 4.79 Å². The van der Waals surface area contributed by atoms with Crippen molar-refractivity contribution in [2.24, 2.45) is 11.8 Å². The van der Waals surface area contributed by atoms with Crippen molar-refractivity contribution in [3.8, 4) is 11.5 Å². The van der Waals surface area contributed by atoms with Crippen molar-refractivity contribution in [2.75, 3.05) is 40.4 Å². The second kappa shape index (κ2) is 7.95. The maximum atomic E-state index is 13.5. The van der Waals surface area contributed by atoms with E-state index in [4.69, 9.17) is 9.47 Å². The summed E-state index contributed by atoms with van der Waals surface area (Å²) in [5.74, 6) is 2.92.